The van der Waals surface area contributed by atoms with Crippen LogP contribution in [0.1, 0.15) is 60.9 Å². The standard InChI is InChI=1S/C29H40N4O5S/c34-28(23-38-26-11-5-4-6-12-26)33-19-8-3-1-2-7-15-30-22-25-21-24(13-14-27(25)33)29(35)31-16-20-39(36,37)32-17-9-10-18-32/h4-6,11-14,21,30H,1-3,7-10,15-20,22-23H2,(H,31,35). The van der Waals surface area contributed by atoms with Crippen LogP contribution in [0.3, 0.4) is 0 Å². The molecule has 0 atom stereocenters. The van der Waals surface area contributed by atoms with Gasteiger partial charge in [0, 0.05) is 44.0 Å². The van der Waals surface area contributed by atoms with Gasteiger partial charge in [-0.2, -0.15) is 0 Å². The number of fused-ring (bicyclic) bond motifs is 1. The normalized spacial score (nSPS) is 17.5. The summed E-state index contributed by atoms with van der Waals surface area (Å²) in [7, 11) is -3.36. The Bertz CT molecular complexity index is 1200. The van der Waals surface area contributed by atoms with E-state index in [1.54, 1.807) is 17.0 Å². The molecule has 212 valence electrons. The summed E-state index contributed by atoms with van der Waals surface area (Å²) in [4.78, 5) is 28.1. The number of carbonyl (C=O) groups is 2. The Morgan fingerprint density at radius 2 is 1.62 bits per heavy atom. The number of nitrogens with zero attached hydrogens (tertiary/aromatic N) is 2. The average Bonchev–Trinajstić information content (AvgIpc) is 3.49. The van der Waals surface area contributed by atoms with E-state index < -0.39 is 10.0 Å². The van der Waals surface area contributed by atoms with Crippen molar-refractivity contribution in [1.29, 1.82) is 0 Å². The number of ether oxygens (including phenoxy) is 1. The first-order valence-electron chi connectivity index (χ1n) is 14.0. The van der Waals surface area contributed by atoms with Crippen LogP contribution in [0.2, 0.25) is 0 Å². The Morgan fingerprint density at radius 1 is 0.897 bits per heavy atom. The summed E-state index contributed by atoms with van der Waals surface area (Å²) in [5.74, 6) is 0.0581. The fraction of sp³-hybridized carbons (Fsp3) is 0.517. The molecule has 1 fully saturated rings. The van der Waals surface area contributed by atoms with E-state index >= 15 is 0 Å². The molecule has 2 amide bonds. The number of amides is 2. The Hall–Kier alpha value is -2.95. The van der Waals surface area contributed by atoms with Gasteiger partial charge in [-0.05, 0) is 68.1 Å². The largest absolute Gasteiger partial charge is 0.484 e. The van der Waals surface area contributed by atoms with Crippen molar-refractivity contribution in [1.82, 2.24) is 14.9 Å². The second kappa shape index (κ2) is 14.4. The number of anilines is 1. The molecule has 0 saturated carbocycles. The lowest BCUT2D eigenvalue weighted by Gasteiger charge is -2.26. The van der Waals surface area contributed by atoms with Gasteiger partial charge in [-0.3, -0.25) is 9.59 Å². The lowest BCUT2D eigenvalue weighted by Crippen LogP contribution is -2.37. The molecule has 2 aromatic rings. The first-order chi connectivity index (χ1) is 18.9. The van der Waals surface area contributed by atoms with E-state index in [0.29, 0.717) is 37.5 Å². The molecule has 4 rings (SSSR count). The number of para-hydroxylation sites is 1. The van der Waals surface area contributed by atoms with Crippen molar-refractivity contribution < 1.29 is 22.7 Å². The number of hydrogen-bond acceptors (Lipinski definition) is 6. The number of rotatable bonds is 8. The van der Waals surface area contributed by atoms with Gasteiger partial charge in [0.2, 0.25) is 10.0 Å². The van der Waals surface area contributed by atoms with Crippen molar-refractivity contribution in [3.05, 3.63) is 59.7 Å². The highest BCUT2D eigenvalue weighted by atomic mass is 32.2. The lowest BCUT2D eigenvalue weighted by atomic mass is 10.0. The van der Waals surface area contributed by atoms with Crippen molar-refractivity contribution in [2.24, 2.45) is 0 Å². The van der Waals surface area contributed by atoms with Crippen molar-refractivity contribution in [3.63, 3.8) is 0 Å². The van der Waals surface area contributed by atoms with E-state index in [1.807, 2.05) is 36.4 Å². The lowest BCUT2D eigenvalue weighted by molar-refractivity contribution is -0.120. The average molecular weight is 557 g/mol. The van der Waals surface area contributed by atoms with Crippen LogP contribution in [-0.4, -0.2) is 69.6 Å². The highest BCUT2D eigenvalue weighted by Gasteiger charge is 2.25. The van der Waals surface area contributed by atoms with Gasteiger partial charge in [0.25, 0.3) is 11.8 Å². The molecule has 0 radical (unpaired) electrons. The van der Waals surface area contributed by atoms with E-state index in [4.69, 9.17) is 4.74 Å². The molecule has 0 bridgehead atoms. The smallest absolute Gasteiger partial charge is 0.264 e. The molecule has 2 aromatic carbocycles. The molecule has 2 N–H and O–H groups in total. The maximum Gasteiger partial charge on any atom is 0.264 e. The summed E-state index contributed by atoms with van der Waals surface area (Å²) in [5.41, 5.74) is 2.05. The zero-order chi connectivity index (χ0) is 27.5. The van der Waals surface area contributed by atoms with E-state index in [0.717, 1.165) is 62.7 Å². The van der Waals surface area contributed by atoms with Crippen LogP contribution in [0.15, 0.2) is 48.5 Å². The molecule has 0 aliphatic carbocycles. The van der Waals surface area contributed by atoms with Crippen molar-refractivity contribution in [2.75, 3.05) is 50.0 Å². The van der Waals surface area contributed by atoms with Gasteiger partial charge in [-0.25, -0.2) is 12.7 Å². The Balaban J connectivity index is 1.47. The minimum Gasteiger partial charge on any atom is -0.484 e. The topological polar surface area (TPSA) is 108 Å². The first kappa shape index (κ1) is 29.0. The highest BCUT2D eigenvalue weighted by Crippen LogP contribution is 2.25. The Labute approximate surface area is 231 Å². The minimum absolute atomic E-state index is 0.0500. The first-order valence-corrected chi connectivity index (χ1v) is 15.6. The number of sulfonamides is 1. The monoisotopic (exact) mass is 556 g/mol. The van der Waals surface area contributed by atoms with Crippen LogP contribution in [0.4, 0.5) is 5.69 Å². The molecule has 1 saturated heterocycles. The van der Waals surface area contributed by atoms with Gasteiger partial charge in [0.15, 0.2) is 6.61 Å². The molecule has 39 heavy (non-hydrogen) atoms. The predicted molar refractivity (Wildman–Crippen MR) is 152 cm³/mol. The predicted octanol–water partition coefficient (Wildman–Crippen LogP) is 3.31. The summed E-state index contributed by atoms with van der Waals surface area (Å²) in [6, 6.07) is 14.6. The van der Waals surface area contributed by atoms with Gasteiger partial charge in [-0.1, -0.05) is 37.5 Å². The van der Waals surface area contributed by atoms with E-state index in [1.165, 1.54) is 4.31 Å². The Morgan fingerprint density at radius 3 is 2.41 bits per heavy atom. The SMILES string of the molecule is O=C(NCCS(=O)(=O)N1CCCC1)c1ccc2c(c1)CNCCCCCCCN2C(=O)COc1ccccc1. The van der Waals surface area contributed by atoms with Crippen LogP contribution < -0.4 is 20.3 Å². The molecule has 2 aliphatic rings. The van der Waals surface area contributed by atoms with Crippen LogP contribution in [-0.2, 0) is 21.4 Å². The molecular weight excluding hydrogens is 516 g/mol. The summed E-state index contributed by atoms with van der Waals surface area (Å²) < 4.78 is 32.2. The molecule has 2 heterocycles. The Kier molecular flexibility index (Phi) is 10.8. The molecule has 0 spiro atoms. The molecule has 0 unspecified atom stereocenters. The van der Waals surface area contributed by atoms with Crippen molar-refractivity contribution >= 4 is 27.5 Å². The molecule has 9 nitrogen and oxygen atoms in total. The maximum absolute atomic E-state index is 13.4. The number of nitrogens with one attached hydrogen (secondary N) is 2. The van der Waals surface area contributed by atoms with Gasteiger partial charge in [0.1, 0.15) is 5.75 Å². The van der Waals surface area contributed by atoms with Gasteiger partial charge >= 0.3 is 0 Å². The van der Waals surface area contributed by atoms with Gasteiger partial charge < -0.3 is 20.3 Å². The summed E-state index contributed by atoms with van der Waals surface area (Å²) in [5, 5.41) is 6.21. The number of carbonyl (C=O) groups excluding carboxylic acids is 2. The zero-order valence-electron chi connectivity index (χ0n) is 22.6. The van der Waals surface area contributed by atoms with Crippen LogP contribution in [0.25, 0.3) is 0 Å². The van der Waals surface area contributed by atoms with Crippen LogP contribution in [0.5, 0.6) is 5.75 Å². The summed E-state index contributed by atoms with van der Waals surface area (Å²) in [6.45, 7) is 3.03. The number of hydrogen-bond donors (Lipinski definition) is 2. The van der Waals surface area contributed by atoms with Crippen molar-refractivity contribution in [2.45, 2.75) is 51.5 Å². The summed E-state index contributed by atoms with van der Waals surface area (Å²) >= 11 is 0. The van der Waals surface area contributed by atoms with E-state index in [2.05, 4.69) is 10.6 Å². The molecular formula is C29H40N4O5S. The second-order valence-corrected chi connectivity index (χ2v) is 12.2. The summed E-state index contributed by atoms with van der Waals surface area (Å²) in [6.07, 6.45) is 7.03. The van der Waals surface area contributed by atoms with E-state index in [-0.39, 0.29) is 30.7 Å². The zero-order valence-corrected chi connectivity index (χ0v) is 23.4. The molecule has 2 aliphatic heterocycles. The minimum atomic E-state index is -3.36. The molecule has 10 heteroatoms. The fourth-order valence-electron chi connectivity index (χ4n) is 5.02. The molecule has 0 aromatic heterocycles. The fourth-order valence-corrected chi connectivity index (χ4v) is 6.45. The van der Waals surface area contributed by atoms with E-state index in [9.17, 15) is 18.0 Å². The van der Waals surface area contributed by atoms with Gasteiger partial charge in [0.05, 0.1) is 5.75 Å². The van der Waals surface area contributed by atoms with Crippen molar-refractivity contribution in [3.8, 4) is 5.75 Å². The van der Waals surface area contributed by atoms with Crippen LogP contribution in [0, 0.1) is 0 Å². The third-order valence-electron chi connectivity index (χ3n) is 7.19. The number of benzene rings is 2. The van der Waals surface area contributed by atoms with Gasteiger partial charge in [-0.15, -0.1) is 0 Å². The second-order valence-electron chi connectivity index (χ2n) is 10.1. The van der Waals surface area contributed by atoms with Crippen LogP contribution >= 0.6 is 0 Å². The maximum atomic E-state index is 13.4. The third-order valence-corrected chi connectivity index (χ3v) is 9.07. The quantitative estimate of drug-likeness (QED) is 0.517. The third kappa shape index (κ3) is 8.52. The highest BCUT2D eigenvalue weighted by molar-refractivity contribution is 7.89.